The summed E-state index contributed by atoms with van der Waals surface area (Å²) < 4.78 is 11.3. The number of nitrogens with zero attached hydrogens (tertiary/aromatic N) is 4. The van der Waals surface area contributed by atoms with Crippen molar-refractivity contribution in [1.82, 2.24) is 25.0 Å². The van der Waals surface area contributed by atoms with Crippen molar-refractivity contribution < 1.29 is 13.7 Å². The van der Waals surface area contributed by atoms with Crippen molar-refractivity contribution in [2.45, 2.75) is 13.5 Å². The van der Waals surface area contributed by atoms with Crippen molar-refractivity contribution in [3.8, 4) is 11.5 Å². The van der Waals surface area contributed by atoms with Crippen molar-refractivity contribution in [2.75, 3.05) is 7.05 Å². The van der Waals surface area contributed by atoms with Gasteiger partial charge < -0.3 is 18.8 Å². The normalized spacial score (nSPS) is 11.4. The average molecular weight is 421 g/mol. The molecule has 9 nitrogen and oxygen atoms in total. The van der Waals surface area contributed by atoms with Crippen LogP contribution >= 0.6 is 11.3 Å². The Bertz CT molecular complexity index is 1450. The van der Waals surface area contributed by atoms with Crippen LogP contribution in [0.25, 0.3) is 32.8 Å². The Balaban J connectivity index is 1.54. The number of aromatic nitrogens is 4. The molecule has 0 unspecified atom stereocenters. The van der Waals surface area contributed by atoms with Crippen LogP contribution in [0.4, 0.5) is 0 Å². The lowest BCUT2D eigenvalue weighted by Gasteiger charge is -2.17. The third-order valence-electron chi connectivity index (χ3n) is 4.72. The van der Waals surface area contributed by atoms with Crippen molar-refractivity contribution >= 4 is 38.6 Å². The zero-order chi connectivity index (χ0) is 20.8. The standard InChI is InChI=1S/C20H15N5O4S/c1-10-16-11(8-13(14-4-3-6-28-14)22-19(16)29-24-10)20(27)25(2)9-15-21-12-5-7-30-17(12)18(26)23-15/h3-8H,9H2,1-2H3,(H,21,23,26). The molecular weight excluding hydrogens is 406 g/mol. The van der Waals surface area contributed by atoms with Crippen LogP contribution in [0, 0.1) is 6.92 Å². The molecule has 1 N–H and O–H groups in total. The molecule has 10 heteroatoms. The highest BCUT2D eigenvalue weighted by Crippen LogP contribution is 2.28. The number of nitrogens with one attached hydrogen (secondary N) is 1. The molecule has 150 valence electrons. The number of H-pyrrole nitrogens is 1. The first kappa shape index (κ1) is 18.3. The van der Waals surface area contributed by atoms with Gasteiger partial charge in [0.05, 0.1) is 35.0 Å². The van der Waals surface area contributed by atoms with E-state index < -0.39 is 0 Å². The highest BCUT2D eigenvalue weighted by atomic mass is 32.1. The summed E-state index contributed by atoms with van der Waals surface area (Å²) in [5.74, 6) is 0.631. The molecule has 0 spiro atoms. The highest BCUT2D eigenvalue weighted by Gasteiger charge is 2.23. The number of carbonyl (C=O) groups is 1. The number of hydrogen-bond donors (Lipinski definition) is 1. The molecule has 0 saturated carbocycles. The number of carbonyl (C=O) groups excluding carboxylic acids is 1. The maximum atomic E-state index is 13.3. The second-order valence-corrected chi connectivity index (χ2v) is 7.71. The SMILES string of the molecule is Cc1noc2nc(-c3ccco3)cc(C(=O)N(C)Cc3nc4ccsc4c(=O)[nH]3)c12. The molecule has 5 aromatic heterocycles. The molecule has 0 aliphatic carbocycles. The van der Waals surface area contributed by atoms with Gasteiger partial charge >= 0.3 is 0 Å². The van der Waals surface area contributed by atoms with Gasteiger partial charge in [-0.05, 0) is 36.6 Å². The Labute approximate surface area is 173 Å². The Morgan fingerprint density at radius 1 is 1.30 bits per heavy atom. The lowest BCUT2D eigenvalue weighted by Crippen LogP contribution is -2.28. The van der Waals surface area contributed by atoms with E-state index in [4.69, 9.17) is 8.94 Å². The largest absolute Gasteiger partial charge is 0.463 e. The predicted molar refractivity (Wildman–Crippen MR) is 110 cm³/mol. The lowest BCUT2D eigenvalue weighted by molar-refractivity contribution is 0.0783. The van der Waals surface area contributed by atoms with Crippen LogP contribution in [0.2, 0.25) is 0 Å². The van der Waals surface area contributed by atoms with Gasteiger partial charge in [0, 0.05) is 7.05 Å². The monoisotopic (exact) mass is 421 g/mol. The van der Waals surface area contributed by atoms with Gasteiger partial charge in [0.15, 0.2) is 5.76 Å². The van der Waals surface area contributed by atoms with Crippen LogP contribution in [0.1, 0.15) is 21.9 Å². The minimum absolute atomic E-state index is 0.129. The van der Waals surface area contributed by atoms with E-state index in [-0.39, 0.29) is 23.7 Å². The third kappa shape index (κ3) is 2.98. The molecule has 5 aromatic rings. The number of pyridine rings is 1. The number of fused-ring (bicyclic) bond motifs is 2. The summed E-state index contributed by atoms with van der Waals surface area (Å²) >= 11 is 1.33. The number of thiophene rings is 1. The summed E-state index contributed by atoms with van der Waals surface area (Å²) in [7, 11) is 1.64. The summed E-state index contributed by atoms with van der Waals surface area (Å²) in [5, 5.41) is 6.30. The van der Waals surface area contributed by atoms with Gasteiger partial charge in [-0.3, -0.25) is 9.59 Å². The minimum atomic E-state index is -0.283. The zero-order valence-electron chi connectivity index (χ0n) is 16.0. The second kappa shape index (κ2) is 6.92. The fourth-order valence-electron chi connectivity index (χ4n) is 3.31. The number of aryl methyl sites for hydroxylation is 1. The smallest absolute Gasteiger partial charge is 0.268 e. The molecule has 0 aromatic carbocycles. The van der Waals surface area contributed by atoms with Gasteiger partial charge in [-0.2, -0.15) is 0 Å². The number of furan rings is 1. The number of rotatable bonds is 4. The number of amides is 1. The van der Waals surface area contributed by atoms with Gasteiger partial charge in [0.25, 0.3) is 17.2 Å². The summed E-state index contributed by atoms with van der Waals surface area (Å²) in [5.41, 5.74) is 2.06. The van der Waals surface area contributed by atoms with E-state index in [1.165, 1.54) is 22.5 Å². The van der Waals surface area contributed by atoms with E-state index in [0.717, 1.165) is 0 Å². The summed E-state index contributed by atoms with van der Waals surface area (Å²) in [4.78, 5) is 38.6. The first-order valence-corrected chi connectivity index (χ1v) is 9.92. The van der Waals surface area contributed by atoms with E-state index >= 15 is 0 Å². The quantitative estimate of drug-likeness (QED) is 0.473. The zero-order valence-corrected chi connectivity index (χ0v) is 16.8. The molecule has 30 heavy (non-hydrogen) atoms. The fourth-order valence-corrected chi connectivity index (χ4v) is 4.04. The Morgan fingerprint density at radius 3 is 2.97 bits per heavy atom. The van der Waals surface area contributed by atoms with Gasteiger partial charge in [-0.1, -0.05) is 5.16 Å². The summed E-state index contributed by atoms with van der Waals surface area (Å²) in [6.07, 6.45) is 1.53. The van der Waals surface area contributed by atoms with Crippen LogP contribution in [0.15, 0.2) is 49.6 Å². The van der Waals surface area contributed by atoms with E-state index in [1.807, 2.05) is 5.38 Å². The topological polar surface area (TPSA) is 118 Å². The van der Waals surface area contributed by atoms with E-state index in [2.05, 4.69) is 20.1 Å². The van der Waals surface area contributed by atoms with Gasteiger partial charge in [0.2, 0.25) is 0 Å². The molecule has 0 saturated heterocycles. The first-order chi connectivity index (χ1) is 14.5. The van der Waals surface area contributed by atoms with Gasteiger partial charge in [0.1, 0.15) is 16.2 Å². The maximum absolute atomic E-state index is 13.3. The fraction of sp³-hybridized carbons (Fsp3) is 0.150. The maximum Gasteiger partial charge on any atom is 0.268 e. The van der Waals surface area contributed by atoms with Crippen molar-refractivity contribution in [1.29, 1.82) is 0 Å². The molecule has 0 aliphatic rings. The van der Waals surface area contributed by atoms with Crippen molar-refractivity contribution in [3.05, 3.63) is 63.3 Å². The van der Waals surface area contributed by atoms with Crippen LogP contribution in [-0.2, 0) is 6.54 Å². The number of hydrogen-bond acceptors (Lipinski definition) is 8. The molecule has 1 amide bonds. The number of aromatic amines is 1. The van der Waals surface area contributed by atoms with E-state index in [0.29, 0.717) is 44.1 Å². The van der Waals surface area contributed by atoms with E-state index in [1.54, 1.807) is 38.2 Å². The molecule has 0 aliphatic heterocycles. The molecule has 5 heterocycles. The molecule has 0 fully saturated rings. The van der Waals surface area contributed by atoms with Crippen LogP contribution < -0.4 is 5.56 Å². The molecule has 5 rings (SSSR count). The third-order valence-corrected chi connectivity index (χ3v) is 5.62. The Hall–Kier alpha value is -3.79. The van der Waals surface area contributed by atoms with Gasteiger partial charge in [-0.25, -0.2) is 9.97 Å². The van der Waals surface area contributed by atoms with Crippen molar-refractivity contribution in [2.24, 2.45) is 0 Å². The molecule has 0 atom stereocenters. The minimum Gasteiger partial charge on any atom is -0.463 e. The van der Waals surface area contributed by atoms with Crippen LogP contribution in [0.3, 0.4) is 0 Å². The molecular formula is C20H15N5O4S. The van der Waals surface area contributed by atoms with Gasteiger partial charge in [-0.15, -0.1) is 11.3 Å². The van der Waals surface area contributed by atoms with Crippen LogP contribution in [0.5, 0.6) is 0 Å². The second-order valence-electron chi connectivity index (χ2n) is 6.79. The Kier molecular flexibility index (Phi) is 4.21. The first-order valence-electron chi connectivity index (χ1n) is 9.04. The molecule has 0 radical (unpaired) electrons. The Morgan fingerprint density at radius 2 is 2.17 bits per heavy atom. The highest BCUT2D eigenvalue weighted by molar-refractivity contribution is 7.17. The summed E-state index contributed by atoms with van der Waals surface area (Å²) in [6.45, 7) is 1.88. The lowest BCUT2D eigenvalue weighted by atomic mass is 10.1. The summed E-state index contributed by atoms with van der Waals surface area (Å²) in [6, 6.07) is 6.93. The van der Waals surface area contributed by atoms with Crippen molar-refractivity contribution in [3.63, 3.8) is 0 Å². The molecule has 0 bridgehead atoms. The van der Waals surface area contributed by atoms with Crippen LogP contribution in [-0.4, -0.2) is 38.0 Å². The predicted octanol–water partition coefficient (Wildman–Crippen LogP) is 3.36. The average Bonchev–Trinajstić information content (AvgIpc) is 3.48. The van der Waals surface area contributed by atoms with E-state index in [9.17, 15) is 9.59 Å².